The number of thiophene rings is 1. The van der Waals surface area contributed by atoms with Crippen molar-refractivity contribution in [3.8, 4) is 5.69 Å². The lowest BCUT2D eigenvalue weighted by atomic mass is 9.95. The molecule has 2 heterocycles. The molecule has 0 bridgehead atoms. The van der Waals surface area contributed by atoms with Crippen LogP contribution < -0.4 is 5.32 Å². The Kier molecular flexibility index (Phi) is 6.58. The first-order valence-corrected chi connectivity index (χ1v) is 12.8. The average Bonchev–Trinajstić information content (AvgIpc) is 3.36. The number of anilines is 1. The lowest BCUT2D eigenvalue weighted by molar-refractivity contribution is 0.102. The Morgan fingerprint density at radius 2 is 1.89 bits per heavy atom. The van der Waals surface area contributed by atoms with E-state index in [1.807, 2.05) is 61.0 Å². The normalized spacial score (nSPS) is 13.3. The van der Waals surface area contributed by atoms with Gasteiger partial charge in [0.1, 0.15) is 10.8 Å². The molecule has 1 amide bonds. The Bertz CT molecular complexity index is 1440. The number of aromatic nitrogens is 1. The fourth-order valence-electron chi connectivity index (χ4n) is 4.66. The zero-order valence-corrected chi connectivity index (χ0v) is 21.1. The number of hydrogen-bond acceptors (Lipinski definition) is 3. The molecule has 1 aliphatic carbocycles. The molecule has 1 aliphatic rings. The van der Waals surface area contributed by atoms with Crippen molar-refractivity contribution in [2.24, 2.45) is 4.99 Å². The van der Waals surface area contributed by atoms with Gasteiger partial charge < -0.3 is 9.88 Å². The third kappa shape index (κ3) is 4.68. The summed E-state index contributed by atoms with van der Waals surface area (Å²) in [6, 6.07) is 16.2. The Morgan fingerprint density at radius 3 is 2.66 bits per heavy atom. The van der Waals surface area contributed by atoms with Gasteiger partial charge in [-0.3, -0.25) is 4.79 Å². The van der Waals surface area contributed by atoms with E-state index in [1.54, 1.807) is 23.5 Å². The molecule has 1 N–H and O–H groups in total. The minimum atomic E-state index is -0.442. The summed E-state index contributed by atoms with van der Waals surface area (Å²) >= 11 is 7.63. The van der Waals surface area contributed by atoms with Crippen molar-refractivity contribution in [1.29, 1.82) is 0 Å². The molecule has 2 aromatic carbocycles. The van der Waals surface area contributed by atoms with Crippen LogP contribution in [-0.2, 0) is 12.8 Å². The second-order valence-corrected chi connectivity index (χ2v) is 10.2. The van der Waals surface area contributed by atoms with Gasteiger partial charge in [0.05, 0.1) is 10.6 Å². The van der Waals surface area contributed by atoms with Gasteiger partial charge >= 0.3 is 0 Å². The number of aryl methyl sites for hydroxylation is 2. The molecule has 0 radical (unpaired) electrons. The predicted octanol–water partition coefficient (Wildman–Crippen LogP) is 7.83. The van der Waals surface area contributed by atoms with E-state index >= 15 is 0 Å². The maximum atomic E-state index is 13.7. The van der Waals surface area contributed by atoms with Crippen LogP contribution in [0, 0.1) is 19.7 Å². The van der Waals surface area contributed by atoms with Crippen LogP contribution in [0.15, 0.2) is 59.6 Å². The van der Waals surface area contributed by atoms with Gasteiger partial charge in [-0.25, -0.2) is 9.38 Å². The molecule has 5 rings (SSSR count). The molecular formula is C28H25ClFN3OS. The Labute approximate surface area is 213 Å². The van der Waals surface area contributed by atoms with E-state index in [0.717, 1.165) is 64.6 Å². The number of hydrogen-bond donors (Lipinski definition) is 1. The largest absolute Gasteiger partial charge is 0.322 e. The maximum absolute atomic E-state index is 13.7. The predicted molar refractivity (Wildman–Crippen MR) is 143 cm³/mol. The molecule has 2 aromatic heterocycles. The van der Waals surface area contributed by atoms with Crippen molar-refractivity contribution in [3.05, 3.63) is 98.4 Å². The van der Waals surface area contributed by atoms with Crippen LogP contribution in [0.2, 0.25) is 5.02 Å². The van der Waals surface area contributed by atoms with Crippen LogP contribution in [0.1, 0.15) is 50.6 Å². The maximum Gasteiger partial charge on any atom is 0.259 e. The molecule has 4 aromatic rings. The van der Waals surface area contributed by atoms with E-state index in [2.05, 4.69) is 5.32 Å². The molecular weight excluding hydrogens is 481 g/mol. The molecule has 0 spiro atoms. The molecule has 0 saturated heterocycles. The first-order chi connectivity index (χ1) is 16.9. The van der Waals surface area contributed by atoms with Gasteiger partial charge in [-0.05, 0) is 81.5 Å². The third-order valence-corrected chi connectivity index (χ3v) is 7.85. The SMILES string of the molecule is Cc1cc(C=Nc2sc3c(c2C(=O)Nc2ccccc2)CCCC3)c(C)n1-c1ccc(F)c(Cl)c1. The Hall–Kier alpha value is -3.22. The van der Waals surface area contributed by atoms with Gasteiger partial charge in [0.15, 0.2) is 0 Å². The van der Waals surface area contributed by atoms with Crippen LogP contribution in [0.25, 0.3) is 5.69 Å². The second-order valence-electron chi connectivity index (χ2n) is 8.73. The number of nitrogens with one attached hydrogen (secondary N) is 1. The topological polar surface area (TPSA) is 46.4 Å². The van der Waals surface area contributed by atoms with Crippen molar-refractivity contribution < 1.29 is 9.18 Å². The number of benzene rings is 2. The molecule has 0 saturated carbocycles. The molecule has 0 unspecified atom stereocenters. The van der Waals surface area contributed by atoms with Crippen molar-refractivity contribution >= 4 is 45.7 Å². The van der Waals surface area contributed by atoms with Gasteiger partial charge in [-0.1, -0.05) is 29.8 Å². The number of halogens is 2. The summed E-state index contributed by atoms with van der Waals surface area (Å²) in [6.07, 6.45) is 5.93. The van der Waals surface area contributed by atoms with Crippen molar-refractivity contribution in [2.75, 3.05) is 5.32 Å². The van der Waals surface area contributed by atoms with Gasteiger partial charge in [0, 0.05) is 39.4 Å². The number of carbonyl (C=O) groups is 1. The van der Waals surface area contributed by atoms with E-state index in [-0.39, 0.29) is 10.9 Å². The first kappa shape index (κ1) is 23.5. The zero-order chi connectivity index (χ0) is 24.5. The van der Waals surface area contributed by atoms with E-state index in [0.29, 0.717) is 5.56 Å². The molecule has 0 atom stereocenters. The molecule has 178 valence electrons. The number of carbonyl (C=O) groups excluding carboxylic acids is 1. The zero-order valence-electron chi connectivity index (χ0n) is 19.6. The van der Waals surface area contributed by atoms with Crippen molar-refractivity contribution in [3.63, 3.8) is 0 Å². The van der Waals surface area contributed by atoms with Gasteiger partial charge in [-0.2, -0.15) is 0 Å². The highest BCUT2D eigenvalue weighted by Gasteiger charge is 2.25. The lowest BCUT2D eigenvalue weighted by Gasteiger charge is -2.12. The Balaban J connectivity index is 1.50. The van der Waals surface area contributed by atoms with Crippen LogP contribution in [0.4, 0.5) is 15.1 Å². The number of fused-ring (bicyclic) bond motifs is 1. The molecule has 0 fully saturated rings. The molecule has 35 heavy (non-hydrogen) atoms. The van der Waals surface area contributed by atoms with Gasteiger partial charge in [0.25, 0.3) is 5.91 Å². The summed E-state index contributed by atoms with van der Waals surface area (Å²) in [5.74, 6) is -0.559. The lowest BCUT2D eigenvalue weighted by Crippen LogP contribution is -2.14. The summed E-state index contributed by atoms with van der Waals surface area (Å²) in [5, 5.41) is 3.86. The summed E-state index contributed by atoms with van der Waals surface area (Å²) in [6.45, 7) is 3.98. The van der Waals surface area contributed by atoms with E-state index in [1.165, 1.54) is 10.9 Å². The number of rotatable bonds is 5. The number of para-hydroxylation sites is 1. The second kappa shape index (κ2) is 9.80. The average molecular weight is 506 g/mol. The molecule has 0 aliphatic heterocycles. The summed E-state index contributed by atoms with van der Waals surface area (Å²) in [4.78, 5) is 19.4. The van der Waals surface area contributed by atoms with Crippen LogP contribution in [0.5, 0.6) is 0 Å². The third-order valence-electron chi connectivity index (χ3n) is 6.36. The fraction of sp³-hybridized carbons (Fsp3) is 0.214. The number of amides is 1. The number of nitrogens with zero attached hydrogens (tertiary/aromatic N) is 2. The molecule has 4 nitrogen and oxygen atoms in total. The van der Waals surface area contributed by atoms with Crippen LogP contribution in [-0.4, -0.2) is 16.7 Å². The summed E-state index contributed by atoms with van der Waals surface area (Å²) in [5.41, 5.74) is 6.26. The first-order valence-electron chi connectivity index (χ1n) is 11.6. The van der Waals surface area contributed by atoms with Crippen LogP contribution in [0.3, 0.4) is 0 Å². The molecule has 7 heteroatoms. The standard InChI is InChI=1S/C28H25ClFN3OS/c1-17-14-19(18(2)33(17)21-12-13-24(30)23(29)15-21)16-31-28-26(22-10-6-7-11-25(22)35-28)27(34)32-20-8-4-3-5-9-20/h3-5,8-9,12-16H,6-7,10-11H2,1-2H3,(H,32,34). The van der Waals surface area contributed by atoms with Crippen LogP contribution >= 0.6 is 22.9 Å². The van der Waals surface area contributed by atoms with Crippen molar-refractivity contribution in [1.82, 2.24) is 4.57 Å². The fourth-order valence-corrected chi connectivity index (χ4v) is 6.06. The minimum Gasteiger partial charge on any atom is -0.322 e. The van der Waals surface area contributed by atoms with E-state index in [4.69, 9.17) is 16.6 Å². The van der Waals surface area contributed by atoms with E-state index in [9.17, 15) is 9.18 Å². The van der Waals surface area contributed by atoms with Gasteiger partial charge in [0.2, 0.25) is 0 Å². The number of aliphatic imine (C=N–C) groups is 1. The smallest absolute Gasteiger partial charge is 0.259 e. The van der Waals surface area contributed by atoms with Crippen molar-refractivity contribution in [2.45, 2.75) is 39.5 Å². The minimum absolute atomic E-state index is 0.0865. The highest BCUT2D eigenvalue weighted by molar-refractivity contribution is 7.16. The quantitative estimate of drug-likeness (QED) is 0.276. The summed E-state index contributed by atoms with van der Waals surface area (Å²) < 4.78 is 15.7. The summed E-state index contributed by atoms with van der Waals surface area (Å²) in [7, 11) is 0. The van der Waals surface area contributed by atoms with Gasteiger partial charge in [-0.15, -0.1) is 11.3 Å². The highest BCUT2D eigenvalue weighted by atomic mass is 35.5. The van der Waals surface area contributed by atoms with E-state index < -0.39 is 5.82 Å². The monoisotopic (exact) mass is 505 g/mol. The highest BCUT2D eigenvalue weighted by Crippen LogP contribution is 2.40. The Morgan fingerprint density at radius 1 is 1.11 bits per heavy atom.